The lowest BCUT2D eigenvalue weighted by Gasteiger charge is -2.25. The van der Waals surface area contributed by atoms with Crippen molar-refractivity contribution in [1.29, 1.82) is 0 Å². The van der Waals surface area contributed by atoms with Crippen LogP contribution in [0.3, 0.4) is 0 Å². The van der Waals surface area contributed by atoms with Crippen LogP contribution in [0.5, 0.6) is 17.2 Å². The van der Waals surface area contributed by atoms with Gasteiger partial charge in [0, 0.05) is 17.0 Å². The minimum absolute atomic E-state index is 0.434. The quantitative estimate of drug-likeness (QED) is 0.447. The summed E-state index contributed by atoms with van der Waals surface area (Å²) in [6.45, 7) is 7.89. The smallest absolute Gasteiger partial charge is 0.344 e. The molecule has 0 spiro atoms. The van der Waals surface area contributed by atoms with Crippen molar-refractivity contribution in [2.75, 3.05) is 21.3 Å². The van der Waals surface area contributed by atoms with E-state index in [0.29, 0.717) is 33.8 Å². The monoisotopic (exact) mass is 380 g/mol. The predicted octanol–water partition coefficient (Wildman–Crippen LogP) is 4.95. The molecular formula is C23H24O5. The molecule has 0 saturated heterocycles. The van der Waals surface area contributed by atoms with Crippen molar-refractivity contribution in [3.63, 3.8) is 0 Å². The molecule has 0 aliphatic carbocycles. The van der Waals surface area contributed by atoms with E-state index < -0.39 is 11.0 Å². The summed E-state index contributed by atoms with van der Waals surface area (Å²) >= 11 is 0. The summed E-state index contributed by atoms with van der Waals surface area (Å²) in [5, 5.41) is 0.693. The van der Waals surface area contributed by atoms with Gasteiger partial charge in [-0.1, -0.05) is 32.1 Å². The minimum Gasteiger partial charge on any atom is -0.497 e. The standard InChI is InChI=1S/C23H24O5/c1-7-23(2,3)20-19(27-6)13-18(26-5)17-12-16(22(24)28-21(17)20)14-8-10-15(25-4)11-9-14/h7-13H,1H2,2-6H3. The van der Waals surface area contributed by atoms with Crippen LogP contribution in [0.1, 0.15) is 19.4 Å². The Labute approximate surface area is 164 Å². The van der Waals surface area contributed by atoms with Crippen molar-refractivity contribution in [3.8, 4) is 28.4 Å². The maximum absolute atomic E-state index is 12.8. The van der Waals surface area contributed by atoms with Crippen LogP contribution < -0.4 is 19.8 Å². The number of ether oxygens (including phenoxy) is 3. The van der Waals surface area contributed by atoms with Crippen molar-refractivity contribution >= 4 is 11.0 Å². The summed E-state index contributed by atoms with van der Waals surface area (Å²) in [5.74, 6) is 1.86. The molecule has 5 heteroatoms. The van der Waals surface area contributed by atoms with Crippen molar-refractivity contribution < 1.29 is 18.6 Å². The van der Waals surface area contributed by atoms with E-state index >= 15 is 0 Å². The Bertz CT molecular complexity index is 1070. The number of rotatable bonds is 6. The van der Waals surface area contributed by atoms with Crippen LogP contribution in [0.15, 0.2) is 58.3 Å². The van der Waals surface area contributed by atoms with Gasteiger partial charge in [0.2, 0.25) is 0 Å². The average Bonchev–Trinajstić information content (AvgIpc) is 2.71. The second-order valence-corrected chi connectivity index (χ2v) is 7.00. The zero-order valence-corrected chi connectivity index (χ0v) is 16.8. The maximum Gasteiger partial charge on any atom is 0.344 e. The number of benzene rings is 2. The molecule has 3 rings (SSSR count). The van der Waals surface area contributed by atoms with Crippen LogP contribution in [0, 0.1) is 0 Å². The molecule has 1 heterocycles. The minimum atomic E-state index is -0.479. The van der Waals surface area contributed by atoms with Gasteiger partial charge < -0.3 is 18.6 Å². The molecule has 0 N–H and O–H groups in total. The van der Waals surface area contributed by atoms with Gasteiger partial charge in [0.05, 0.1) is 32.3 Å². The van der Waals surface area contributed by atoms with Gasteiger partial charge in [-0.05, 0) is 23.8 Å². The lowest BCUT2D eigenvalue weighted by atomic mass is 9.82. The second-order valence-electron chi connectivity index (χ2n) is 7.00. The Morgan fingerprint density at radius 1 is 0.964 bits per heavy atom. The molecular weight excluding hydrogens is 356 g/mol. The fraction of sp³-hybridized carbons (Fsp3) is 0.261. The molecule has 1 aromatic heterocycles. The first-order chi connectivity index (χ1) is 13.4. The number of allylic oxidation sites excluding steroid dienone is 1. The SMILES string of the molecule is C=CC(C)(C)c1c(OC)cc(OC)c2cc(-c3ccc(OC)cc3)c(=O)oc12. The van der Waals surface area contributed by atoms with E-state index in [4.69, 9.17) is 18.6 Å². The first kappa shape index (κ1) is 19.5. The van der Waals surface area contributed by atoms with Gasteiger partial charge >= 0.3 is 5.63 Å². The number of methoxy groups -OCH3 is 3. The zero-order chi connectivity index (χ0) is 20.5. The summed E-state index contributed by atoms with van der Waals surface area (Å²) in [7, 11) is 4.75. The van der Waals surface area contributed by atoms with Gasteiger partial charge in [0.15, 0.2) is 0 Å². The van der Waals surface area contributed by atoms with E-state index in [1.54, 1.807) is 51.7 Å². The van der Waals surface area contributed by atoms with Gasteiger partial charge in [0.25, 0.3) is 0 Å². The number of fused-ring (bicyclic) bond motifs is 1. The van der Waals surface area contributed by atoms with E-state index in [9.17, 15) is 4.79 Å². The zero-order valence-electron chi connectivity index (χ0n) is 16.8. The Morgan fingerprint density at radius 3 is 2.14 bits per heavy atom. The molecule has 0 amide bonds. The molecule has 0 aliphatic rings. The van der Waals surface area contributed by atoms with Gasteiger partial charge in [-0.25, -0.2) is 4.79 Å². The maximum atomic E-state index is 12.8. The molecule has 0 unspecified atom stereocenters. The average molecular weight is 380 g/mol. The molecule has 28 heavy (non-hydrogen) atoms. The Kier molecular flexibility index (Phi) is 5.18. The Balaban J connectivity index is 2.37. The molecule has 146 valence electrons. The molecule has 0 bridgehead atoms. The summed E-state index contributed by atoms with van der Waals surface area (Å²) in [5.41, 5.74) is 1.45. The first-order valence-electron chi connectivity index (χ1n) is 8.87. The first-order valence-corrected chi connectivity index (χ1v) is 8.87. The highest BCUT2D eigenvalue weighted by molar-refractivity contribution is 5.92. The van der Waals surface area contributed by atoms with Crippen molar-refractivity contribution in [1.82, 2.24) is 0 Å². The molecule has 0 saturated carbocycles. The Hall–Kier alpha value is -3.21. The molecule has 3 aromatic rings. The summed E-state index contributed by atoms with van der Waals surface area (Å²) in [6.07, 6.45) is 1.80. The molecule has 0 radical (unpaired) electrons. The third-order valence-electron chi connectivity index (χ3n) is 4.94. The van der Waals surface area contributed by atoms with Gasteiger partial charge in [-0.3, -0.25) is 0 Å². The Morgan fingerprint density at radius 2 is 1.61 bits per heavy atom. The van der Waals surface area contributed by atoms with E-state index in [1.807, 2.05) is 26.0 Å². The topological polar surface area (TPSA) is 57.9 Å². The van der Waals surface area contributed by atoms with Crippen LogP contribution in [0.25, 0.3) is 22.1 Å². The highest BCUT2D eigenvalue weighted by Gasteiger charge is 2.28. The van der Waals surface area contributed by atoms with E-state index in [0.717, 1.165) is 11.1 Å². The predicted molar refractivity (Wildman–Crippen MR) is 111 cm³/mol. The van der Waals surface area contributed by atoms with Crippen LogP contribution in [0.4, 0.5) is 0 Å². The fourth-order valence-corrected chi connectivity index (χ4v) is 3.23. The van der Waals surface area contributed by atoms with Crippen molar-refractivity contribution in [3.05, 3.63) is 65.0 Å². The normalized spacial score (nSPS) is 11.3. The highest BCUT2D eigenvalue weighted by atomic mass is 16.5. The number of hydrogen-bond acceptors (Lipinski definition) is 5. The fourth-order valence-electron chi connectivity index (χ4n) is 3.23. The summed E-state index contributed by atoms with van der Waals surface area (Å²) in [4.78, 5) is 12.8. The van der Waals surface area contributed by atoms with Crippen LogP contribution >= 0.6 is 0 Å². The van der Waals surface area contributed by atoms with Crippen molar-refractivity contribution in [2.45, 2.75) is 19.3 Å². The number of hydrogen-bond donors (Lipinski definition) is 0. The molecule has 5 nitrogen and oxygen atoms in total. The van der Waals surface area contributed by atoms with E-state index in [2.05, 4.69) is 6.58 Å². The van der Waals surface area contributed by atoms with Gasteiger partial charge in [-0.15, -0.1) is 6.58 Å². The molecule has 2 aromatic carbocycles. The lowest BCUT2D eigenvalue weighted by Crippen LogP contribution is -2.16. The third kappa shape index (κ3) is 3.24. The van der Waals surface area contributed by atoms with E-state index in [1.165, 1.54) is 0 Å². The highest BCUT2D eigenvalue weighted by Crippen LogP contribution is 2.43. The third-order valence-corrected chi connectivity index (χ3v) is 4.94. The van der Waals surface area contributed by atoms with Crippen LogP contribution in [0.2, 0.25) is 0 Å². The summed E-state index contributed by atoms with van der Waals surface area (Å²) < 4.78 is 22.1. The van der Waals surface area contributed by atoms with Gasteiger partial charge in [-0.2, -0.15) is 0 Å². The van der Waals surface area contributed by atoms with Gasteiger partial charge in [0.1, 0.15) is 22.8 Å². The van der Waals surface area contributed by atoms with Crippen molar-refractivity contribution in [2.24, 2.45) is 0 Å². The van der Waals surface area contributed by atoms with Crippen LogP contribution in [-0.4, -0.2) is 21.3 Å². The summed E-state index contributed by atoms with van der Waals surface area (Å²) in [6, 6.07) is 10.8. The largest absolute Gasteiger partial charge is 0.497 e. The molecule has 0 fully saturated rings. The van der Waals surface area contributed by atoms with E-state index in [-0.39, 0.29) is 0 Å². The molecule has 0 aliphatic heterocycles. The molecule has 0 atom stereocenters. The second kappa shape index (κ2) is 7.43. The lowest BCUT2D eigenvalue weighted by molar-refractivity contribution is 0.386. The van der Waals surface area contributed by atoms with Crippen LogP contribution in [-0.2, 0) is 5.41 Å².